The van der Waals surface area contributed by atoms with Gasteiger partial charge >= 0.3 is 0 Å². The van der Waals surface area contributed by atoms with E-state index in [9.17, 15) is 4.79 Å². The van der Waals surface area contributed by atoms with Crippen LogP contribution in [0.5, 0.6) is 0 Å². The zero-order valence-corrected chi connectivity index (χ0v) is 15.6. The van der Waals surface area contributed by atoms with Gasteiger partial charge in [0.1, 0.15) is 0 Å². The zero-order valence-electron chi connectivity index (χ0n) is 14.8. The summed E-state index contributed by atoms with van der Waals surface area (Å²) in [5.74, 6) is 2.01. The van der Waals surface area contributed by atoms with Gasteiger partial charge in [-0.25, -0.2) is 0 Å². The molecule has 0 spiro atoms. The van der Waals surface area contributed by atoms with Crippen LogP contribution in [0.4, 0.5) is 0 Å². The summed E-state index contributed by atoms with van der Waals surface area (Å²) in [5.41, 5.74) is 3.71. The highest BCUT2D eigenvalue weighted by Crippen LogP contribution is 2.21. The Hall–Kier alpha value is -1.74. The van der Waals surface area contributed by atoms with Crippen molar-refractivity contribution in [1.29, 1.82) is 0 Å². The Labute approximate surface area is 150 Å². The van der Waals surface area contributed by atoms with E-state index >= 15 is 0 Å². The predicted molar refractivity (Wildman–Crippen MR) is 104 cm³/mol. The monoisotopic (exact) mass is 341 g/mol. The van der Waals surface area contributed by atoms with Crippen molar-refractivity contribution >= 4 is 17.7 Å². The second-order valence-corrected chi connectivity index (χ2v) is 7.62. The number of rotatable bonds is 8. The Morgan fingerprint density at radius 2 is 1.71 bits per heavy atom. The van der Waals surface area contributed by atoms with E-state index in [0.717, 1.165) is 12.2 Å². The van der Waals surface area contributed by atoms with E-state index in [4.69, 9.17) is 0 Å². The van der Waals surface area contributed by atoms with E-state index in [-0.39, 0.29) is 11.9 Å². The second kappa shape index (κ2) is 9.53. The number of nitrogens with one attached hydrogen (secondary N) is 1. The topological polar surface area (TPSA) is 29.1 Å². The highest BCUT2D eigenvalue weighted by atomic mass is 32.2. The first kappa shape index (κ1) is 18.6. The SMILES string of the molecule is Cc1ccc(CSCC(=O)NC(CC(C)C)c2ccccc2)cc1. The van der Waals surface area contributed by atoms with Crippen molar-refractivity contribution in [2.24, 2.45) is 5.92 Å². The molecule has 128 valence electrons. The first-order chi connectivity index (χ1) is 11.5. The molecule has 2 aromatic rings. The van der Waals surface area contributed by atoms with Crippen molar-refractivity contribution in [3.05, 3.63) is 71.3 Å². The maximum atomic E-state index is 12.3. The fraction of sp³-hybridized carbons (Fsp3) is 0.381. The Bertz CT molecular complexity index is 622. The molecule has 0 aromatic heterocycles. The van der Waals surface area contributed by atoms with E-state index in [1.54, 1.807) is 11.8 Å². The Morgan fingerprint density at radius 1 is 1.04 bits per heavy atom. The zero-order chi connectivity index (χ0) is 17.4. The average Bonchev–Trinajstić information content (AvgIpc) is 2.56. The maximum Gasteiger partial charge on any atom is 0.230 e. The first-order valence-corrected chi connectivity index (χ1v) is 9.67. The molecule has 0 aliphatic carbocycles. The third kappa shape index (κ3) is 6.40. The van der Waals surface area contributed by atoms with Crippen LogP contribution in [0, 0.1) is 12.8 Å². The molecule has 0 saturated carbocycles. The van der Waals surface area contributed by atoms with E-state index in [1.807, 2.05) is 18.2 Å². The third-order valence-electron chi connectivity index (χ3n) is 3.87. The number of benzene rings is 2. The van der Waals surface area contributed by atoms with Crippen LogP contribution in [0.25, 0.3) is 0 Å². The van der Waals surface area contributed by atoms with Gasteiger partial charge in [0, 0.05) is 5.75 Å². The predicted octanol–water partition coefficient (Wildman–Crippen LogP) is 5.13. The lowest BCUT2D eigenvalue weighted by molar-refractivity contribution is -0.119. The van der Waals surface area contributed by atoms with Crippen LogP contribution in [0.2, 0.25) is 0 Å². The van der Waals surface area contributed by atoms with Gasteiger partial charge in [0.15, 0.2) is 0 Å². The second-order valence-electron chi connectivity index (χ2n) is 6.64. The molecule has 0 heterocycles. The summed E-state index contributed by atoms with van der Waals surface area (Å²) in [6, 6.07) is 18.8. The molecule has 1 amide bonds. The van der Waals surface area contributed by atoms with Crippen molar-refractivity contribution in [2.45, 2.75) is 39.0 Å². The Balaban J connectivity index is 1.85. The minimum absolute atomic E-state index is 0.0960. The van der Waals surface area contributed by atoms with Crippen LogP contribution in [0.1, 0.15) is 43.0 Å². The van der Waals surface area contributed by atoms with E-state index < -0.39 is 0 Å². The van der Waals surface area contributed by atoms with Crippen molar-refractivity contribution < 1.29 is 4.79 Å². The number of carbonyl (C=O) groups is 1. The van der Waals surface area contributed by atoms with Gasteiger partial charge in [-0.2, -0.15) is 0 Å². The molecule has 3 heteroatoms. The molecule has 0 aliphatic rings. The summed E-state index contributed by atoms with van der Waals surface area (Å²) in [4.78, 5) is 12.3. The number of hydrogen-bond donors (Lipinski definition) is 1. The summed E-state index contributed by atoms with van der Waals surface area (Å²) >= 11 is 1.66. The molecule has 2 rings (SSSR count). The number of amides is 1. The lowest BCUT2D eigenvalue weighted by Crippen LogP contribution is -2.30. The smallest absolute Gasteiger partial charge is 0.230 e. The van der Waals surface area contributed by atoms with Gasteiger partial charge in [-0.1, -0.05) is 74.0 Å². The van der Waals surface area contributed by atoms with Crippen molar-refractivity contribution in [3.63, 3.8) is 0 Å². The molecule has 0 bridgehead atoms. The van der Waals surface area contributed by atoms with E-state index in [0.29, 0.717) is 11.7 Å². The third-order valence-corrected chi connectivity index (χ3v) is 4.87. The van der Waals surface area contributed by atoms with Gasteiger partial charge in [0.05, 0.1) is 11.8 Å². The molecule has 0 radical (unpaired) electrons. The van der Waals surface area contributed by atoms with Gasteiger partial charge in [0.25, 0.3) is 0 Å². The fourth-order valence-electron chi connectivity index (χ4n) is 2.62. The highest BCUT2D eigenvalue weighted by Gasteiger charge is 2.15. The van der Waals surface area contributed by atoms with Crippen LogP contribution >= 0.6 is 11.8 Å². The van der Waals surface area contributed by atoms with Gasteiger partial charge in [0.2, 0.25) is 5.91 Å². The first-order valence-electron chi connectivity index (χ1n) is 8.52. The Kier molecular flexibility index (Phi) is 7.38. The molecule has 1 atom stereocenters. The van der Waals surface area contributed by atoms with Crippen LogP contribution < -0.4 is 5.32 Å². The van der Waals surface area contributed by atoms with E-state index in [1.165, 1.54) is 16.7 Å². The fourth-order valence-corrected chi connectivity index (χ4v) is 3.42. The minimum atomic E-state index is 0.0960. The number of carbonyl (C=O) groups excluding carboxylic acids is 1. The summed E-state index contributed by atoms with van der Waals surface area (Å²) in [6.45, 7) is 6.46. The summed E-state index contributed by atoms with van der Waals surface area (Å²) in [6.07, 6.45) is 0.957. The molecule has 2 nitrogen and oxygen atoms in total. The molecule has 1 N–H and O–H groups in total. The van der Waals surface area contributed by atoms with Crippen molar-refractivity contribution in [3.8, 4) is 0 Å². The van der Waals surface area contributed by atoms with Crippen molar-refractivity contribution in [2.75, 3.05) is 5.75 Å². The largest absolute Gasteiger partial charge is 0.349 e. The van der Waals surface area contributed by atoms with E-state index in [2.05, 4.69) is 62.5 Å². The lowest BCUT2D eigenvalue weighted by atomic mass is 9.97. The average molecular weight is 342 g/mol. The molecule has 2 aromatic carbocycles. The van der Waals surface area contributed by atoms with Crippen LogP contribution in [0.15, 0.2) is 54.6 Å². The van der Waals surface area contributed by atoms with Crippen molar-refractivity contribution in [1.82, 2.24) is 5.32 Å². The summed E-state index contributed by atoms with van der Waals surface area (Å²) in [7, 11) is 0. The van der Waals surface area contributed by atoms with Crippen LogP contribution in [0.3, 0.4) is 0 Å². The Morgan fingerprint density at radius 3 is 2.33 bits per heavy atom. The molecular weight excluding hydrogens is 314 g/mol. The maximum absolute atomic E-state index is 12.3. The van der Waals surface area contributed by atoms with Crippen LogP contribution in [-0.2, 0) is 10.5 Å². The number of hydrogen-bond acceptors (Lipinski definition) is 2. The standard InChI is InChI=1S/C21H27NOS/c1-16(2)13-20(19-7-5-4-6-8-19)22-21(23)15-24-14-18-11-9-17(3)10-12-18/h4-12,16,20H,13-15H2,1-3H3,(H,22,23). The number of thioether (sulfide) groups is 1. The lowest BCUT2D eigenvalue weighted by Gasteiger charge is -2.21. The van der Waals surface area contributed by atoms with Gasteiger partial charge in [-0.3, -0.25) is 4.79 Å². The minimum Gasteiger partial charge on any atom is -0.349 e. The summed E-state index contributed by atoms with van der Waals surface area (Å²) in [5, 5.41) is 3.20. The number of aryl methyl sites for hydroxylation is 1. The summed E-state index contributed by atoms with van der Waals surface area (Å²) < 4.78 is 0. The quantitative estimate of drug-likeness (QED) is 0.721. The van der Waals surface area contributed by atoms with Gasteiger partial charge in [-0.05, 0) is 30.4 Å². The molecule has 0 aliphatic heterocycles. The molecule has 1 unspecified atom stereocenters. The molecule has 0 fully saturated rings. The molecule has 0 saturated heterocycles. The normalized spacial score (nSPS) is 12.2. The molecule has 24 heavy (non-hydrogen) atoms. The van der Waals surface area contributed by atoms with Gasteiger partial charge < -0.3 is 5.32 Å². The molecular formula is C21H27NOS. The highest BCUT2D eigenvalue weighted by molar-refractivity contribution is 7.99. The van der Waals surface area contributed by atoms with Crippen LogP contribution in [-0.4, -0.2) is 11.7 Å². The van der Waals surface area contributed by atoms with Gasteiger partial charge in [-0.15, -0.1) is 11.8 Å².